The van der Waals surface area contributed by atoms with Gasteiger partial charge in [-0.1, -0.05) is 29.8 Å². The van der Waals surface area contributed by atoms with Gasteiger partial charge >= 0.3 is 0 Å². The van der Waals surface area contributed by atoms with Crippen LogP contribution in [0.2, 0.25) is 5.02 Å². The molecule has 2 aromatic rings. The number of halogens is 1. The Morgan fingerprint density at radius 2 is 1.95 bits per heavy atom. The summed E-state index contributed by atoms with van der Waals surface area (Å²) in [5.41, 5.74) is 1.74. The summed E-state index contributed by atoms with van der Waals surface area (Å²) in [5, 5.41) is 13.9. The lowest BCUT2D eigenvalue weighted by Crippen LogP contribution is -2.12. The van der Waals surface area contributed by atoms with Crippen LogP contribution in [-0.4, -0.2) is 18.8 Å². The van der Waals surface area contributed by atoms with Gasteiger partial charge in [0, 0.05) is 23.3 Å². The number of methoxy groups -OCH3 is 1. The van der Waals surface area contributed by atoms with Crippen molar-refractivity contribution in [2.75, 3.05) is 19.0 Å². The predicted molar refractivity (Wildman–Crippen MR) is 77.9 cm³/mol. The molecule has 0 spiro atoms. The van der Waals surface area contributed by atoms with Gasteiger partial charge in [0.25, 0.3) is 0 Å². The van der Waals surface area contributed by atoms with Crippen molar-refractivity contribution in [2.45, 2.75) is 6.10 Å². The molecule has 1 unspecified atom stereocenters. The van der Waals surface area contributed by atoms with Crippen molar-refractivity contribution in [2.24, 2.45) is 0 Å². The Morgan fingerprint density at radius 1 is 1.21 bits per heavy atom. The zero-order valence-corrected chi connectivity index (χ0v) is 11.4. The molecule has 0 aliphatic carbocycles. The molecule has 0 aliphatic heterocycles. The van der Waals surface area contributed by atoms with E-state index in [0.717, 1.165) is 17.0 Å². The molecule has 2 N–H and O–H groups in total. The number of hydrogen-bond donors (Lipinski definition) is 2. The summed E-state index contributed by atoms with van der Waals surface area (Å²) in [6.45, 7) is 0.425. The number of nitrogens with one attached hydrogen (secondary N) is 1. The molecule has 0 heterocycles. The van der Waals surface area contributed by atoms with Crippen LogP contribution in [0.5, 0.6) is 5.75 Å². The normalized spacial score (nSPS) is 11.9. The van der Waals surface area contributed by atoms with Crippen molar-refractivity contribution in [3.63, 3.8) is 0 Å². The molecule has 0 amide bonds. The lowest BCUT2D eigenvalue weighted by molar-refractivity contribution is 0.191. The van der Waals surface area contributed by atoms with Crippen LogP contribution in [0.4, 0.5) is 5.69 Å². The molecule has 0 fully saturated rings. The maximum Gasteiger partial charge on any atom is 0.120 e. The van der Waals surface area contributed by atoms with Crippen LogP contribution in [0.25, 0.3) is 0 Å². The maximum absolute atomic E-state index is 10.1. The van der Waals surface area contributed by atoms with Gasteiger partial charge in [-0.3, -0.25) is 0 Å². The van der Waals surface area contributed by atoms with Crippen molar-refractivity contribution in [3.8, 4) is 5.75 Å². The van der Waals surface area contributed by atoms with Crippen LogP contribution in [0.3, 0.4) is 0 Å². The monoisotopic (exact) mass is 277 g/mol. The maximum atomic E-state index is 10.1. The molecular weight excluding hydrogens is 262 g/mol. The number of anilines is 1. The van der Waals surface area contributed by atoms with Crippen molar-refractivity contribution >= 4 is 17.3 Å². The van der Waals surface area contributed by atoms with Crippen LogP contribution < -0.4 is 10.1 Å². The average Bonchev–Trinajstić information content (AvgIpc) is 2.46. The van der Waals surface area contributed by atoms with E-state index in [0.29, 0.717) is 11.6 Å². The number of ether oxygens (including phenoxy) is 1. The van der Waals surface area contributed by atoms with Crippen LogP contribution in [0.15, 0.2) is 48.5 Å². The second-order valence-electron chi connectivity index (χ2n) is 4.18. The summed E-state index contributed by atoms with van der Waals surface area (Å²) in [7, 11) is 1.63. The highest BCUT2D eigenvalue weighted by Gasteiger charge is 2.07. The minimum atomic E-state index is -0.580. The molecule has 1 atom stereocenters. The van der Waals surface area contributed by atoms with E-state index < -0.39 is 6.10 Å². The van der Waals surface area contributed by atoms with E-state index in [1.165, 1.54) is 0 Å². The van der Waals surface area contributed by atoms with Gasteiger partial charge in [-0.2, -0.15) is 0 Å². The van der Waals surface area contributed by atoms with Gasteiger partial charge in [0.2, 0.25) is 0 Å². The van der Waals surface area contributed by atoms with Gasteiger partial charge < -0.3 is 15.2 Å². The van der Waals surface area contributed by atoms with E-state index in [2.05, 4.69) is 5.32 Å². The minimum Gasteiger partial charge on any atom is -0.497 e. The van der Waals surface area contributed by atoms with Gasteiger partial charge in [0.05, 0.1) is 13.2 Å². The predicted octanol–water partition coefficient (Wildman–Crippen LogP) is 3.49. The number of aliphatic hydroxyl groups excluding tert-OH is 1. The van der Waals surface area contributed by atoms with Crippen molar-refractivity contribution in [3.05, 3.63) is 59.1 Å². The summed E-state index contributed by atoms with van der Waals surface area (Å²) in [4.78, 5) is 0. The van der Waals surface area contributed by atoms with Gasteiger partial charge in [-0.25, -0.2) is 0 Å². The minimum absolute atomic E-state index is 0.425. The molecule has 0 bridgehead atoms. The second kappa shape index (κ2) is 6.45. The van der Waals surface area contributed by atoms with E-state index in [-0.39, 0.29) is 0 Å². The summed E-state index contributed by atoms with van der Waals surface area (Å²) in [6.07, 6.45) is -0.580. The fourth-order valence-corrected chi connectivity index (χ4v) is 1.88. The SMILES string of the molecule is COc1cccc(NCC(O)c2ccc(Cl)cc2)c1. The molecule has 0 aromatic heterocycles. The van der Waals surface area contributed by atoms with Gasteiger partial charge in [0.1, 0.15) is 5.75 Å². The van der Waals surface area contributed by atoms with Crippen molar-refractivity contribution in [1.82, 2.24) is 0 Å². The van der Waals surface area contributed by atoms with Crippen LogP contribution in [-0.2, 0) is 0 Å². The van der Waals surface area contributed by atoms with Gasteiger partial charge in [-0.05, 0) is 29.8 Å². The Balaban J connectivity index is 1.96. The van der Waals surface area contributed by atoms with Gasteiger partial charge in [-0.15, -0.1) is 0 Å². The molecule has 19 heavy (non-hydrogen) atoms. The van der Waals surface area contributed by atoms with Crippen LogP contribution in [0.1, 0.15) is 11.7 Å². The first-order chi connectivity index (χ1) is 9.19. The Bertz CT molecular complexity index is 528. The molecule has 0 radical (unpaired) electrons. The number of benzene rings is 2. The zero-order chi connectivity index (χ0) is 13.7. The van der Waals surface area contributed by atoms with Crippen LogP contribution >= 0.6 is 11.6 Å². The number of hydrogen-bond acceptors (Lipinski definition) is 3. The Kier molecular flexibility index (Phi) is 4.66. The summed E-state index contributed by atoms with van der Waals surface area (Å²) >= 11 is 5.81. The Hall–Kier alpha value is -1.71. The Morgan fingerprint density at radius 3 is 2.63 bits per heavy atom. The van der Waals surface area contributed by atoms with E-state index >= 15 is 0 Å². The lowest BCUT2D eigenvalue weighted by Gasteiger charge is -2.13. The topological polar surface area (TPSA) is 41.5 Å². The Labute approximate surface area is 117 Å². The highest BCUT2D eigenvalue weighted by molar-refractivity contribution is 6.30. The molecule has 2 rings (SSSR count). The molecular formula is C15H16ClNO2. The lowest BCUT2D eigenvalue weighted by atomic mass is 10.1. The highest BCUT2D eigenvalue weighted by Crippen LogP contribution is 2.20. The fraction of sp³-hybridized carbons (Fsp3) is 0.200. The zero-order valence-electron chi connectivity index (χ0n) is 10.6. The molecule has 4 heteroatoms. The average molecular weight is 278 g/mol. The molecule has 0 aliphatic rings. The summed E-state index contributed by atoms with van der Waals surface area (Å²) < 4.78 is 5.14. The smallest absolute Gasteiger partial charge is 0.120 e. The second-order valence-corrected chi connectivity index (χ2v) is 4.62. The number of rotatable bonds is 5. The quantitative estimate of drug-likeness (QED) is 0.879. The van der Waals surface area contributed by atoms with E-state index in [1.807, 2.05) is 36.4 Å². The van der Waals surface area contributed by atoms with Gasteiger partial charge in [0.15, 0.2) is 0 Å². The largest absolute Gasteiger partial charge is 0.497 e. The number of aliphatic hydroxyl groups is 1. The van der Waals surface area contributed by atoms with Crippen molar-refractivity contribution in [1.29, 1.82) is 0 Å². The van der Waals surface area contributed by atoms with E-state index in [9.17, 15) is 5.11 Å². The summed E-state index contributed by atoms with van der Waals surface area (Å²) in [6, 6.07) is 14.8. The highest BCUT2D eigenvalue weighted by atomic mass is 35.5. The third-order valence-electron chi connectivity index (χ3n) is 2.82. The summed E-state index contributed by atoms with van der Waals surface area (Å²) in [5.74, 6) is 0.783. The van der Waals surface area contributed by atoms with E-state index in [1.54, 1.807) is 19.2 Å². The molecule has 2 aromatic carbocycles. The third-order valence-corrected chi connectivity index (χ3v) is 3.08. The molecule has 100 valence electrons. The molecule has 0 saturated heterocycles. The standard InChI is InChI=1S/C15H16ClNO2/c1-19-14-4-2-3-13(9-14)17-10-15(18)11-5-7-12(16)8-6-11/h2-9,15,17-18H,10H2,1H3. The first-order valence-electron chi connectivity index (χ1n) is 6.00. The van der Waals surface area contributed by atoms with Crippen LogP contribution in [0, 0.1) is 0 Å². The molecule has 0 saturated carbocycles. The third kappa shape index (κ3) is 3.88. The van der Waals surface area contributed by atoms with Crippen molar-refractivity contribution < 1.29 is 9.84 Å². The first kappa shape index (κ1) is 13.7. The fourth-order valence-electron chi connectivity index (χ4n) is 1.75. The first-order valence-corrected chi connectivity index (χ1v) is 6.38. The van der Waals surface area contributed by atoms with E-state index in [4.69, 9.17) is 16.3 Å². The molecule has 3 nitrogen and oxygen atoms in total.